The van der Waals surface area contributed by atoms with E-state index >= 15 is 0 Å². The van der Waals surface area contributed by atoms with Crippen LogP contribution in [-0.2, 0) is 14.3 Å². The minimum Gasteiger partial charge on any atom is -0.121 e. The van der Waals surface area contributed by atoms with Crippen LogP contribution in [0.15, 0.2) is 35.2 Å². The van der Waals surface area contributed by atoms with Crippen molar-refractivity contribution in [1.29, 1.82) is 0 Å². The number of hydrogen-bond acceptors (Lipinski definition) is 1. The summed E-state index contributed by atoms with van der Waals surface area (Å²) in [6, 6.07) is 9.79. The van der Waals surface area contributed by atoms with Crippen LogP contribution in [0.4, 0.5) is 0 Å². The molecule has 1 aromatic carbocycles. The van der Waals surface area contributed by atoms with Gasteiger partial charge in [-0.1, -0.05) is 22.4 Å². The highest BCUT2D eigenvalue weighted by molar-refractivity contribution is 8.00. The van der Waals surface area contributed by atoms with Gasteiger partial charge in [0.2, 0.25) is 0 Å². The van der Waals surface area contributed by atoms with E-state index in [-0.39, 0.29) is 0 Å². The lowest BCUT2D eigenvalue weighted by molar-refractivity contribution is 0.457. The van der Waals surface area contributed by atoms with Crippen molar-refractivity contribution in [3.8, 4) is 0 Å². The van der Waals surface area contributed by atoms with Gasteiger partial charge in [-0.25, -0.2) is 0 Å². The Morgan fingerprint density at radius 3 is 2.00 bits per heavy atom. The molecule has 0 aliphatic rings. The molecule has 1 unspecified atom stereocenters. The molecule has 84 valence electrons. The summed E-state index contributed by atoms with van der Waals surface area (Å²) >= 11 is 0. The van der Waals surface area contributed by atoms with Crippen molar-refractivity contribution in [2.24, 2.45) is 0 Å². The van der Waals surface area contributed by atoms with Crippen LogP contribution in [0, 0.1) is 0 Å². The van der Waals surface area contributed by atoms with Crippen molar-refractivity contribution in [2.45, 2.75) is 25.7 Å². The zero-order valence-electron chi connectivity index (χ0n) is 9.77. The van der Waals surface area contributed by atoms with Gasteiger partial charge in [0.1, 0.15) is 5.75 Å². The maximum Gasteiger partial charge on any atom is 0.190 e. The lowest BCUT2D eigenvalue weighted by Gasteiger charge is -2.21. The van der Waals surface area contributed by atoms with Crippen molar-refractivity contribution in [3.63, 3.8) is 0 Å². The van der Waals surface area contributed by atoms with Crippen LogP contribution in [0.25, 0.3) is 0 Å². The molecule has 0 fully saturated rings. The Balaban J connectivity index is 3.10. The fourth-order valence-corrected chi connectivity index (χ4v) is 4.19. The molecule has 1 aromatic rings. The molecule has 0 spiro atoms. The fraction of sp³-hybridized carbons (Fsp3) is 0.500. The number of hydrogen-bond donors (Lipinski definition) is 0. The fourth-order valence-electron chi connectivity index (χ4n) is 1.77. The Kier molecular flexibility index (Phi) is 4.48. The van der Waals surface area contributed by atoms with E-state index in [9.17, 15) is 4.21 Å². The smallest absolute Gasteiger partial charge is 0.121 e. The summed E-state index contributed by atoms with van der Waals surface area (Å²) < 4.78 is 14.9. The van der Waals surface area contributed by atoms with Crippen LogP contribution in [0.2, 0.25) is 0 Å². The highest BCUT2D eigenvalue weighted by atomic mass is 32.3. The summed E-state index contributed by atoms with van der Waals surface area (Å²) in [7, 11) is -2.01. The summed E-state index contributed by atoms with van der Waals surface area (Å²) in [4.78, 5) is 0.955. The van der Waals surface area contributed by atoms with Crippen molar-refractivity contribution < 1.29 is 4.21 Å². The number of nitrogens with zero attached hydrogens (tertiary/aromatic N) is 1. The third kappa shape index (κ3) is 2.47. The normalized spacial score (nSPS) is 15.2. The Hall–Kier alpha value is -0.670. The quantitative estimate of drug-likeness (QED) is 0.707. The molecule has 2 nitrogen and oxygen atoms in total. The monoisotopic (exact) mass is 226 g/mol. The summed E-state index contributed by atoms with van der Waals surface area (Å²) in [5, 5.41) is 0. The second kappa shape index (κ2) is 5.42. The summed E-state index contributed by atoms with van der Waals surface area (Å²) in [5.74, 6) is 0.679. The first-order valence-corrected chi connectivity index (χ1v) is 7.19. The molecule has 3 heteroatoms. The number of benzene rings is 1. The summed E-state index contributed by atoms with van der Waals surface area (Å²) in [6.45, 7) is 7.77. The molecule has 0 amide bonds. The second-order valence-electron chi connectivity index (χ2n) is 3.36. The van der Waals surface area contributed by atoms with Gasteiger partial charge < -0.3 is 0 Å². The Labute approximate surface area is 93.9 Å². The van der Waals surface area contributed by atoms with Gasteiger partial charge in [-0.15, -0.1) is 4.31 Å². The van der Waals surface area contributed by atoms with Gasteiger partial charge in [-0.3, -0.25) is 0 Å². The first kappa shape index (κ1) is 12.4. The van der Waals surface area contributed by atoms with E-state index in [1.807, 2.05) is 37.3 Å². The average Bonchev–Trinajstić information content (AvgIpc) is 2.31. The van der Waals surface area contributed by atoms with Crippen LogP contribution in [0.1, 0.15) is 20.8 Å². The van der Waals surface area contributed by atoms with E-state index in [4.69, 9.17) is 0 Å². The van der Waals surface area contributed by atoms with Crippen LogP contribution in [0.5, 0.6) is 0 Å². The first-order chi connectivity index (χ1) is 7.19. The van der Waals surface area contributed by atoms with Crippen molar-refractivity contribution in [3.05, 3.63) is 30.3 Å². The van der Waals surface area contributed by atoms with Crippen LogP contribution in [-0.4, -0.2) is 23.1 Å². The molecule has 0 N–H and O–H groups in total. The highest BCUT2D eigenvalue weighted by Crippen LogP contribution is 2.23. The SMILES string of the molecule is CCN(CC)[S+](=O)(CC)c1ccccc1. The van der Waals surface area contributed by atoms with E-state index < -0.39 is 10.1 Å². The van der Waals surface area contributed by atoms with Crippen molar-refractivity contribution >= 4 is 10.1 Å². The first-order valence-electron chi connectivity index (χ1n) is 5.51. The second-order valence-corrected chi connectivity index (χ2v) is 6.20. The molecule has 0 heterocycles. The number of rotatable bonds is 5. The van der Waals surface area contributed by atoms with Gasteiger partial charge in [0.15, 0.2) is 15.0 Å². The van der Waals surface area contributed by atoms with Crippen LogP contribution < -0.4 is 0 Å². The largest absolute Gasteiger partial charge is 0.190 e. The molecule has 0 aliphatic carbocycles. The van der Waals surface area contributed by atoms with Gasteiger partial charge in [-0.05, 0) is 32.9 Å². The lowest BCUT2D eigenvalue weighted by Crippen LogP contribution is -2.37. The highest BCUT2D eigenvalue weighted by Gasteiger charge is 2.35. The molecule has 0 saturated heterocycles. The predicted molar refractivity (Wildman–Crippen MR) is 66.2 cm³/mol. The molecule has 1 atom stereocenters. The minimum atomic E-state index is -2.01. The topological polar surface area (TPSA) is 20.3 Å². The van der Waals surface area contributed by atoms with Crippen molar-refractivity contribution in [1.82, 2.24) is 4.31 Å². The van der Waals surface area contributed by atoms with Crippen molar-refractivity contribution in [2.75, 3.05) is 18.8 Å². The predicted octanol–water partition coefficient (Wildman–Crippen LogP) is 2.82. The van der Waals surface area contributed by atoms with E-state index in [1.54, 1.807) is 0 Å². The zero-order chi connectivity index (χ0) is 11.3. The molecular formula is C12H20NOS+. The van der Waals surface area contributed by atoms with E-state index in [1.165, 1.54) is 0 Å². The third-order valence-corrected chi connectivity index (χ3v) is 5.77. The lowest BCUT2D eigenvalue weighted by atomic mass is 10.4. The molecule has 0 aliphatic heterocycles. The standard InChI is InChI=1S/C12H20NOS/c1-4-13(5-2)15(14,6-3)12-10-8-7-9-11-12/h7-11H,4-6H2,1-3H3/q+1. The average molecular weight is 226 g/mol. The van der Waals surface area contributed by atoms with Gasteiger partial charge >= 0.3 is 0 Å². The molecule has 0 aromatic heterocycles. The van der Waals surface area contributed by atoms with E-state index in [0.717, 1.165) is 18.0 Å². The molecule has 0 radical (unpaired) electrons. The van der Waals surface area contributed by atoms with Crippen LogP contribution in [0.3, 0.4) is 0 Å². The molecule has 0 bridgehead atoms. The Bertz CT molecular complexity index is 333. The molecular weight excluding hydrogens is 206 g/mol. The molecule has 15 heavy (non-hydrogen) atoms. The molecule has 1 rings (SSSR count). The van der Waals surface area contributed by atoms with Gasteiger partial charge in [0.25, 0.3) is 0 Å². The maximum atomic E-state index is 12.8. The maximum absolute atomic E-state index is 12.8. The van der Waals surface area contributed by atoms with Gasteiger partial charge in [-0.2, -0.15) is 0 Å². The Morgan fingerprint density at radius 1 is 1.07 bits per heavy atom. The summed E-state index contributed by atoms with van der Waals surface area (Å²) in [6.07, 6.45) is 0. The zero-order valence-corrected chi connectivity index (χ0v) is 10.6. The molecule has 0 saturated carbocycles. The van der Waals surface area contributed by atoms with Gasteiger partial charge in [0.05, 0.1) is 0 Å². The van der Waals surface area contributed by atoms with E-state index in [0.29, 0.717) is 5.75 Å². The third-order valence-electron chi connectivity index (χ3n) is 2.63. The Morgan fingerprint density at radius 2 is 1.60 bits per heavy atom. The van der Waals surface area contributed by atoms with E-state index in [2.05, 4.69) is 18.2 Å². The minimum absolute atomic E-state index is 0.679. The summed E-state index contributed by atoms with van der Waals surface area (Å²) in [5.41, 5.74) is 0. The van der Waals surface area contributed by atoms with Crippen LogP contribution >= 0.6 is 0 Å². The van der Waals surface area contributed by atoms with Gasteiger partial charge in [0, 0.05) is 13.1 Å².